The maximum absolute atomic E-state index is 13.5. The minimum absolute atomic E-state index is 0.116. The second-order valence-electron chi connectivity index (χ2n) is 5.37. The van der Waals surface area contributed by atoms with Gasteiger partial charge in [-0.1, -0.05) is 0 Å². The van der Waals surface area contributed by atoms with Crippen LogP contribution in [-0.2, 0) is 4.79 Å². The van der Waals surface area contributed by atoms with Crippen molar-refractivity contribution in [1.82, 2.24) is 9.80 Å². The third kappa shape index (κ3) is 2.44. The van der Waals surface area contributed by atoms with Crippen LogP contribution in [0.3, 0.4) is 0 Å². The van der Waals surface area contributed by atoms with E-state index in [1.807, 2.05) is 0 Å². The minimum Gasteiger partial charge on any atom is -0.342 e. The van der Waals surface area contributed by atoms with Crippen molar-refractivity contribution in [3.63, 3.8) is 0 Å². The summed E-state index contributed by atoms with van der Waals surface area (Å²) in [5, 5.41) is 0. The highest BCUT2D eigenvalue weighted by atomic mass is 79.9. The van der Waals surface area contributed by atoms with Crippen LogP contribution in [-0.4, -0.2) is 47.3 Å². The van der Waals surface area contributed by atoms with Crippen molar-refractivity contribution < 1.29 is 14.0 Å². The number of carbonyl (C=O) groups excluding carboxylic acids is 2. The molecule has 0 atom stereocenters. The molecular formula is C14H16BrFN2O2. The average molecular weight is 343 g/mol. The molecule has 1 fully saturated rings. The fraction of sp³-hybridized carbons (Fsp3) is 0.429. The summed E-state index contributed by atoms with van der Waals surface area (Å²) in [5.41, 5.74) is -0.677. The largest absolute Gasteiger partial charge is 0.342 e. The molecule has 1 aliphatic heterocycles. The smallest absolute Gasteiger partial charge is 0.254 e. The Labute approximate surface area is 125 Å². The summed E-state index contributed by atoms with van der Waals surface area (Å²) >= 11 is 3.05. The highest BCUT2D eigenvalue weighted by molar-refractivity contribution is 9.10. The van der Waals surface area contributed by atoms with Gasteiger partial charge in [0.15, 0.2) is 0 Å². The molecule has 1 aliphatic rings. The highest BCUT2D eigenvalue weighted by Gasteiger charge is 2.43. The maximum Gasteiger partial charge on any atom is 0.254 e. The van der Waals surface area contributed by atoms with E-state index in [2.05, 4.69) is 15.9 Å². The molecule has 1 aromatic carbocycles. The van der Waals surface area contributed by atoms with E-state index in [9.17, 15) is 14.0 Å². The molecule has 0 aromatic heterocycles. The molecule has 108 valence electrons. The van der Waals surface area contributed by atoms with Gasteiger partial charge in [-0.25, -0.2) is 4.39 Å². The molecule has 0 aliphatic carbocycles. The van der Waals surface area contributed by atoms with Gasteiger partial charge in [0.2, 0.25) is 5.91 Å². The number of hydrogen-bond donors (Lipinski definition) is 0. The monoisotopic (exact) mass is 342 g/mol. The molecule has 0 N–H and O–H groups in total. The molecule has 0 spiro atoms. The van der Waals surface area contributed by atoms with Gasteiger partial charge < -0.3 is 9.80 Å². The Morgan fingerprint density at radius 2 is 2.00 bits per heavy atom. The van der Waals surface area contributed by atoms with Gasteiger partial charge in [-0.15, -0.1) is 0 Å². The topological polar surface area (TPSA) is 40.6 Å². The number of likely N-dealkylation sites (N-methyl/N-ethyl adjacent to an activating group) is 1. The van der Waals surface area contributed by atoms with Crippen molar-refractivity contribution in [2.45, 2.75) is 19.4 Å². The van der Waals surface area contributed by atoms with Crippen molar-refractivity contribution in [3.05, 3.63) is 34.1 Å². The Bertz CT molecular complexity index is 574. The standard InChI is InChI=1S/C14H16BrFN2O2/c1-14(2)13(20)17(3)6-7-18(14)12(19)9-4-5-10(15)11(16)8-9/h4-5,8H,6-7H2,1-3H3. The van der Waals surface area contributed by atoms with Gasteiger partial charge in [-0.2, -0.15) is 0 Å². The van der Waals surface area contributed by atoms with E-state index in [1.165, 1.54) is 17.0 Å². The zero-order valence-corrected chi connectivity index (χ0v) is 13.2. The summed E-state index contributed by atoms with van der Waals surface area (Å²) in [5.74, 6) is -0.938. The number of carbonyl (C=O) groups is 2. The SMILES string of the molecule is CN1CCN(C(=O)c2ccc(Br)c(F)c2)C(C)(C)C1=O. The molecule has 1 heterocycles. The Hall–Kier alpha value is -1.43. The fourth-order valence-electron chi connectivity index (χ4n) is 2.35. The van der Waals surface area contributed by atoms with E-state index < -0.39 is 11.4 Å². The van der Waals surface area contributed by atoms with Gasteiger partial charge in [-0.3, -0.25) is 9.59 Å². The molecule has 0 unspecified atom stereocenters. The molecular weight excluding hydrogens is 327 g/mol. The number of rotatable bonds is 1. The first-order chi connectivity index (χ1) is 9.25. The van der Waals surface area contributed by atoms with Gasteiger partial charge in [0.05, 0.1) is 4.47 Å². The molecule has 20 heavy (non-hydrogen) atoms. The Kier molecular flexibility index (Phi) is 3.86. The lowest BCUT2D eigenvalue weighted by Crippen LogP contribution is -2.63. The van der Waals surface area contributed by atoms with Gasteiger partial charge in [0.25, 0.3) is 5.91 Å². The Balaban J connectivity index is 2.33. The van der Waals surface area contributed by atoms with Crippen LogP contribution in [0, 0.1) is 5.82 Å². The molecule has 0 bridgehead atoms. The quantitative estimate of drug-likeness (QED) is 0.785. The number of amides is 2. The Morgan fingerprint density at radius 3 is 2.60 bits per heavy atom. The molecule has 1 saturated heterocycles. The van der Waals surface area contributed by atoms with Gasteiger partial charge in [0.1, 0.15) is 11.4 Å². The van der Waals surface area contributed by atoms with Crippen LogP contribution < -0.4 is 0 Å². The van der Waals surface area contributed by atoms with Crippen molar-refractivity contribution in [3.8, 4) is 0 Å². The zero-order chi connectivity index (χ0) is 15.1. The normalized spacial score (nSPS) is 18.4. The van der Waals surface area contributed by atoms with Crippen LogP contribution in [0.1, 0.15) is 24.2 Å². The van der Waals surface area contributed by atoms with Crippen molar-refractivity contribution in [1.29, 1.82) is 0 Å². The first kappa shape index (κ1) is 15.0. The van der Waals surface area contributed by atoms with E-state index in [-0.39, 0.29) is 17.4 Å². The summed E-state index contributed by atoms with van der Waals surface area (Å²) < 4.78 is 13.9. The van der Waals surface area contributed by atoms with Crippen LogP contribution in [0.25, 0.3) is 0 Å². The second-order valence-corrected chi connectivity index (χ2v) is 6.23. The molecule has 0 radical (unpaired) electrons. The predicted molar refractivity (Wildman–Crippen MR) is 76.9 cm³/mol. The molecule has 2 amide bonds. The fourth-order valence-corrected chi connectivity index (χ4v) is 2.60. The van der Waals surface area contributed by atoms with Crippen molar-refractivity contribution in [2.24, 2.45) is 0 Å². The van der Waals surface area contributed by atoms with Crippen molar-refractivity contribution in [2.75, 3.05) is 20.1 Å². The lowest BCUT2D eigenvalue weighted by atomic mass is 9.96. The summed E-state index contributed by atoms with van der Waals surface area (Å²) in [7, 11) is 1.71. The average Bonchev–Trinajstić information content (AvgIpc) is 2.39. The van der Waals surface area contributed by atoms with E-state index >= 15 is 0 Å². The van der Waals surface area contributed by atoms with Gasteiger partial charge in [-0.05, 0) is 48.0 Å². The van der Waals surface area contributed by atoms with Gasteiger partial charge >= 0.3 is 0 Å². The number of halogens is 2. The van der Waals surface area contributed by atoms with Crippen LogP contribution in [0.15, 0.2) is 22.7 Å². The molecule has 1 aromatic rings. The summed E-state index contributed by atoms with van der Waals surface area (Å²) in [6.07, 6.45) is 0. The van der Waals surface area contributed by atoms with E-state index in [4.69, 9.17) is 0 Å². The molecule has 6 heteroatoms. The van der Waals surface area contributed by atoms with Crippen LogP contribution in [0.2, 0.25) is 0 Å². The molecule has 0 saturated carbocycles. The lowest BCUT2D eigenvalue weighted by molar-refractivity contribution is -0.144. The highest BCUT2D eigenvalue weighted by Crippen LogP contribution is 2.25. The van der Waals surface area contributed by atoms with E-state index in [0.29, 0.717) is 17.6 Å². The van der Waals surface area contributed by atoms with Crippen LogP contribution in [0.5, 0.6) is 0 Å². The van der Waals surface area contributed by atoms with Gasteiger partial charge in [0, 0.05) is 25.7 Å². The number of piperazine rings is 1. The molecule has 4 nitrogen and oxygen atoms in total. The number of hydrogen-bond acceptors (Lipinski definition) is 2. The third-order valence-corrected chi connectivity index (χ3v) is 4.26. The minimum atomic E-state index is -0.923. The number of nitrogens with zero attached hydrogens (tertiary/aromatic N) is 2. The summed E-state index contributed by atoms with van der Waals surface area (Å²) in [6.45, 7) is 4.33. The lowest BCUT2D eigenvalue weighted by Gasteiger charge is -2.44. The summed E-state index contributed by atoms with van der Waals surface area (Å²) in [4.78, 5) is 27.8. The van der Waals surface area contributed by atoms with Crippen LogP contribution >= 0.6 is 15.9 Å². The molecule has 2 rings (SSSR count). The van der Waals surface area contributed by atoms with Crippen molar-refractivity contribution >= 4 is 27.7 Å². The second kappa shape index (κ2) is 5.16. The third-order valence-electron chi connectivity index (χ3n) is 3.62. The van der Waals surface area contributed by atoms with E-state index in [1.54, 1.807) is 31.9 Å². The van der Waals surface area contributed by atoms with Crippen LogP contribution in [0.4, 0.5) is 4.39 Å². The predicted octanol–water partition coefficient (Wildman–Crippen LogP) is 2.28. The number of benzene rings is 1. The zero-order valence-electron chi connectivity index (χ0n) is 11.6. The maximum atomic E-state index is 13.5. The Morgan fingerprint density at radius 1 is 1.35 bits per heavy atom. The first-order valence-electron chi connectivity index (χ1n) is 6.27. The summed E-state index contributed by atoms with van der Waals surface area (Å²) in [6, 6.07) is 4.23. The van der Waals surface area contributed by atoms with E-state index in [0.717, 1.165) is 0 Å². The first-order valence-corrected chi connectivity index (χ1v) is 7.07.